The van der Waals surface area contributed by atoms with Crippen LogP contribution in [0.2, 0.25) is 5.28 Å². The number of nitrogens with zero attached hydrogens (tertiary/aromatic N) is 6. The number of aromatic amines is 1. The Bertz CT molecular complexity index is 702. The molecule has 3 heterocycles. The number of hydrogen-bond acceptors (Lipinski definition) is 6. The quantitative estimate of drug-likeness (QED) is 0.697. The first-order valence-corrected chi connectivity index (χ1v) is 6.13. The van der Waals surface area contributed by atoms with Gasteiger partial charge in [0.1, 0.15) is 12.1 Å². The van der Waals surface area contributed by atoms with Crippen molar-refractivity contribution in [2.24, 2.45) is 0 Å². The zero-order chi connectivity index (χ0) is 13.2. The SMILES string of the molecule is CCn1cnnc1CNc1nc(Cl)nc2[nH]ncc12. The van der Waals surface area contributed by atoms with E-state index in [-0.39, 0.29) is 5.28 Å². The molecule has 0 radical (unpaired) electrons. The van der Waals surface area contributed by atoms with Gasteiger partial charge in [-0.3, -0.25) is 5.10 Å². The zero-order valence-electron chi connectivity index (χ0n) is 10.1. The summed E-state index contributed by atoms with van der Waals surface area (Å²) in [5.41, 5.74) is 0.597. The zero-order valence-corrected chi connectivity index (χ0v) is 10.9. The van der Waals surface area contributed by atoms with Gasteiger partial charge in [0.15, 0.2) is 11.5 Å². The molecule has 3 rings (SSSR count). The molecule has 0 aliphatic rings. The van der Waals surface area contributed by atoms with E-state index in [2.05, 4.69) is 35.7 Å². The van der Waals surface area contributed by atoms with Crippen LogP contribution in [0.25, 0.3) is 11.0 Å². The largest absolute Gasteiger partial charge is 0.362 e. The van der Waals surface area contributed by atoms with Gasteiger partial charge in [0.05, 0.1) is 18.1 Å². The Morgan fingerprint density at radius 2 is 2.32 bits per heavy atom. The molecule has 3 aromatic heterocycles. The summed E-state index contributed by atoms with van der Waals surface area (Å²) in [5.74, 6) is 1.45. The number of aromatic nitrogens is 7. The Kier molecular flexibility index (Phi) is 3.00. The minimum absolute atomic E-state index is 0.163. The van der Waals surface area contributed by atoms with Crippen molar-refractivity contribution < 1.29 is 0 Å². The molecule has 0 bridgehead atoms. The summed E-state index contributed by atoms with van der Waals surface area (Å²) < 4.78 is 1.95. The predicted octanol–water partition coefficient (Wildman–Crippen LogP) is 1.23. The monoisotopic (exact) mass is 278 g/mol. The molecule has 3 aromatic rings. The molecule has 0 unspecified atom stereocenters. The lowest BCUT2D eigenvalue weighted by molar-refractivity contribution is 0.707. The lowest BCUT2D eigenvalue weighted by Gasteiger charge is -2.07. The van der Waals surface area contributed by atoms with Gasteiger partial charge >= 0.3 is 0 Å². The highest BCUT2D eigenvalue weighted by atomic mass is 35.5. The van der Waals surface area contributed by atoms with Gasteiger partial charge in [-0.1, -0.05) is 0 Å². The summed E-state index contributed by atoms with van der Waals surface area (Å²) in [4.78, 5) is 8.19. The van der Waals surface area contributed by atoms with Crippen LogP contribution in [0.1, 0.15) is 12.7 Å². The van der Waals surface area contributed by atoms with Gasteiger partial charge in [-0.05, 0) is 18.5 Å². The lowest BCUT2D eigenvalue weighted by Crippen LogP contribution is -2.09. The smallest absolute Gasteiger partial charge is 0.226 e. The number of rotatable bonds is 4. The van der Waals surface area contributed by atoms with Crippen molar-refractivity contribution >= 4 is 28.5 Å². The maximum atomic E-state index is 5.86. The van der Waals surface area contributed by atoms with E-state index in [0.29, 0.717) is 18.0 Å². The Hall–Kier alpha value is -2.22. The van der Waals surface area contributed by atoms with Crippen molar-refractivity contribution in [1.29, 1.82) is 0 Å². The number of halogens is 1. The molecule has 0 aliphatic carbocycles. The van der Waals surface area contributed by atoms with Crippen LogP contribution in [-0.4, -0.2) is 34.9 Å². The maximum Gasteiger partial charge on any atom is 0.226 e. The second-order valence-electron chi connectivity index (χ2n) is 3.86. The van der Waals surface area contributed by atoms with Crippen LogP contribution in [0, 0.1) is 0 Å². The molecule has 2 N–H and O–H groups in total. The number of H-pyrrole nitrogens is 1. The molecule has 0 fully saturated rings. The number of aryl methyl sites for hydroxylation is 1. The third kappa shape index (κ3) is 2.22. The summed E-state index contributed by atoms with van der Waals surface area (Å²) in [5, 5.41) is 18.7. The van der Waals surface area contributed by atoms with Gasteiger partial charge in [0.25, 0.3) is 0 Å². The minimum atomic E-state index is 0.163. The third-order valence-electron chi connectivity index (χ3n) is 2.73. The first kappa shape index (κ1) is 11.8. The van der Waals surface area contributed by atoms with E-state index in [1.54, 1.807) is 12.5 Å². The van der Waals surface area contributed by atoms with E-state index in [0.717, 1.165) is 17.8 Å². The van der Waals surface area contributed by atoms with Crippen LogP contribution in [0.5, 0.6) is 0 Å². The van der Waals surface area contributed by atoms with Crippen LogP contribution >= 0.6 is 11.6 Å². The van der Waals surface area contributed by atoms with Crippen molar-refractivity contribution in [1.82, 2.24) is 34.9 Å². The standard InChI is InChI=1S/C10H11ClN8/c1-2-19-5-14-17-7(19)4-12-8-6-3-13-18-9(6)16-10(11)15-8/h3,5H,2,4H2,1H3,(H2,12,13,15,16,18). The lowest BCUT2D eigenvalue weighted by atomic mass is 10.4. The van der Waals surface area contributed by atoms with Crippen molar-refractivity contribution in [3.8, 4) is 0 Å². The molecule has 0 saturated carbocycles. The normalized spacial score (nSPS) is 11.1. The predicted molar refractivity (Wildman–Crippen MR) is 69.7 cm³/mol. The Morgan fingerprint density at radius 1 is 1.42 bits per heavy atom. The number of hydrogen-bond donors (Lipinski definition) is 2. The van der Waals surface area contributed by atoms with Crippen molar-refractivity contribution in [2.45, 2.75) is 20.0 Å². The third-order valence-corrected chi connectivity index (χ3v) is 2.90. The van der Waals surface area contributed by atoms with Crippen LogP contribution in [0.15, 0.2) is 12.5 Å². The van der Waals surface area contributed by atoms with E-state index in [4.69, 9.17) is 11.6 Å². The second kappa shape index (κ2) is 4.81. The maximum absolute atomic E-state index is 5.86. The molecule has 8 nitrogen and oxygen atoms in total. The van der Waals surface area contributed by atoms with Gasteiger partial charge < -0.3 is 9.88 Å². The fraction of sp³-hybridized carbons (Fsp3) is 0.300. The van der Waals surface area contributed by atoms with Crippen LogP contribution in [0.4, 0.5) is 5.82 Å². The van der Waals surface area contributed by atoms with Crippen molar-refractivity contribution in [3.05, 3.63) is 23.6 Å². The average Bonchev–Trinajstić information content (AvgIpc) is 3.03. The van der Waals surface area contributed by atoms with Gasteiger partial charge in [-0.2, -0.15) is 15.1 Å². The minimum Gasteiger partial charge on any atom is -0.362 e. The Morgan fingerprint density at radius 3 is 3.16 bits per heavy atom. The topological polar surface area (TPSA) is 97.2 Å². The van der Waals surface area contributed by atoms with Crippen LogP contribution in [-0.2, 0) is 13.1 Å². The van der Waals surface area contributed by atoms with Crippen LogP contribution < -0.4 is 5.32 Å². The van der Waals surface area contributed by atoms with E-state index in [1.165, 1.54) is 0 Å². The highest BCUT2D eigenvalue weighted by Crippen LogP contribution is 2.20. The summed E-state index contributed by atoms with van der Waals surface area (Å²) in [6, 6.07) is 0. The number of fused-ring (bicyclic) bond motifs is 1. The van der Waals surface area contributed by atoms with Crippen molar-refractivity contribution in [2.75, 3.05) is 5.32 Å². The first-order valence-electron chi connectivity index (χ1n) is 5.75. The average molecular weight is 279 g/mol. The van der Waals surface area contributed by atoms with E-state index in [9.17, 15) is 0 Å². The fourth-order valence-corrected chi connectivity index (χ4v) is 1.95. The molecule has 9 heteroatoms. The summed E-state index contributed by atoms with van der Waals surface area (Å²) in [7, 11) is 0. The van der Waals surface area contributed by atoms with Gasteiger partial charge in [0.2, 0.25) is 5.28 Å². The number of nitrogens with one attached hydrogen (secondary N) is 2. The summed E-state index contributed by atoms with van der Waals surface area (Å²) in [6.07, 6.45) is 3.34. The van der Waals surface area contributed by atoms with E-state index in [1.807, 2.05) is 11.5 Å². The molecule has 0 aliphatic heterocycles. The van der Waals surface area contributed by atoms with Crippen LogP contribution in [0.3, 0.4) is 0 Å². The summed E-state index contributed by atoms with van der Waals surface area (Å²) in [6.45, 7) is 3.35. The molecular weight excluding hydrogens is 268 g/mol. The Balaban J connectivity index is 1.87. The van der Waals surface area contributed by atoms with E-state index >= 15 is 0 Å². The summed E-state index contributed by atoms with van der Waals surface area (Å²) >= 11 is 5.86. The molecule has 19 heavy (non-hydrogen) atoms. The highest BCUT2D eigenvalue weighted by molar-refractivity contribution is 6.28. The van der Waals surface area contributed by atoms with Crippen molar-refractivity contribution in [3.63, 3.8) is 0 Å². The fourth-order valence-electron chi connectivity index (χ4n) is 1.79. The molecule has 0 amide bonds. The highest BCUT2D eigenvalue weighted by Gasteiger charge is 2.09. The molecule has 0 aromatic carbocycles. The van der Waals surface area contributed by atoms with E-state index < -0.39 is 0 Å². The first-order chi connectivity index (χ1) is 9.28. The van der Waals surface area contributed by atoms with Gasteiger partial charge in [-0.15, -0.1) is 10.2 Å². The molecule has 0 atom stereocenters. The Labute approximate surface area is 113 Å². The van der Waals surface area contributed by atoms with Gasteiger partial charge in [-0.25, -0.2) is 0 Å². The second-order valence-corrected chi connectivity index (χ2v) is 4.20. The molecule has 98 valence electrons. The molecular formula is C10H11ClN8. The number of anilines is 1. The molecule has 0 saturated heterocycles. The van der Waals surface area contributed by atoms with Gasteiger partial charge in [0, 0.05) is 6.54 Å². The molecule has 0 spiro atoms.